The Labute approximate surface area is 110 Å². The smallest absolute Gasteiger partial charge is 0.0870 e. The highest BCUT2D eigenvalue weighted by Crippen LogP contribution is 2.37. The van der Waals surface area contributed by atoms with Gasteiger partial charge in [-0.15, -0.1) is 0 Å². The van der Waals surface area contributed by atoms with E-state index in [0.717, 1.165) is 22.8 Å². The van der Waals surface area contributed by atoms with Crippen LogP contribution in [0.1, 0.15) is 23.2 Å². The number of pyridine rings is 1. The van der Waals surface area contributed by atoms with Crippen molar-refractivity contribution in [1.82, 2.24) is 4.98 Å². The maximum atomic E-state index is 4.84. The predicted molar refractivity (Wildman–Crippen MR) is 75.8 cm³/mol. The summed E-state index contributed by atoms with van der Waals surface area (Å²) >= 11 is 3.66. The quantitative estimate of drug-likeness (QED) is 0.863. The van der Waals surface area contributed by atoms with Gasteiger partial charge in [0.2, 0.25) is 0 Å². The van der Waals surface area contributed by atoms with Gasteiger partial charge in [-0.05, 0) is 53.2 Å². The number of nitrogens with one attached hydrogen (secondary N) is 1. The molecule has 88 valence electrons. The van der Waals surface area contributed by atoms with Crippen LogP contribution >= 0.6 is 15.9 Å². The molecule has 3 heteroatoms. The number of nitrogens with zero attached hydrogens (tertiary/aromatic N) is 1. The molecule has 0 saturated carbocycles. The Morgan fingerprint density at radius 3 is 2.88 bits per heavy atom. The molecule has 17 heavy (non-hydrogen) atoms. The summed E-state index contributed by atoms with van der Waals surface area (Å²) in [5.41, 5.74) is 6.28. The highest BCUT2D eigenvalue weighted by Gasteiger charge is 2.20. The van der Waals surface area contributed by atoms with E-state index in [0.29, 0.717) is 0 Å². The Kier molecular flexibility index (Phi) is 2.58. The molecule has 2 nitrogen and oxygen atoms in total. The SMILES string of the molecule is CNc1c2c(nc3c(Br)c(C)ccc13)CCC2. The number of fused-ring (bicyclic) bond motifs is 2. The Morgan fingerprint density at radius 1 is 1.29 bits per heavy atom. The highest BCUT2D eigenvalue weighted by molar-refractivity contribution is 9.10. The van der Waals surface area contributed by atoms with Gasteiger partial charge in [-0.2, -0.15) is 0 Å². The zero-order valence-corrected chi connectivity index (χ0v) is 11.7. The summed E-state index contributed by atoms with van der Waals surface area (Å²) in [6.45, 7) is 2.11. The first kappa shape index (κ1) is 11.0. The summed E-state index contributed by atoms with van der Waals surface area (Å²) in [6, 6.07) is 4.32. The fourth-order valence-electron chi connectivity index (χ4n) is 2.68. The van der Waals surface area contributed by atoms with Crippen LogP contribution in [0.5, 0.6) is 0 Å². The summed E-state index contributed by atoms with van der Waals surface area (Å²) in [5.74, 6) is 0. The van der Waals surface area contributed by atoms with Crippen LogP contribution in [0.3, 0.4) is 0 Å². The van der Waals surface area contributed by atoms with E-state index >= 15 is 0 Å². The number of hydrogen-bond acceptors (Lipinski definition) is 2. The molecule has 1 aliphatic carbocycles. The van der Waals surface area contributed by atoms with Crippen molar-refractivity contribution in [2.24, 2.45) is 0 Å². The average Bonchev–Trinajstić information content (AvgIpc) is 2.79. The van der Waals surface area contributed by atoms with Crippen molar-refractivity contribution in [3.63, 3.8) is 0 Å². The van der Waals surface area contributed by atoms with Crippen molar-refractivity contribution in [3.8, 4) is 0 Å². The maximum absolute atomic E-state index is 4.84. The molecule has 0 amide bonds. The van der Waals surface area contributed by atoms with Gasteiger partial charge in [0.25, 0.3) is 0 Å². The van der Waals surface area contributed by atoms with Crippen LogP contribution in [-0.2, 0) is 12.8 Å². The lowest BCUT2D eigenvalue weighted by atomic mass is 10.1. The normalized spacial score (nSPS) is 14.1. The van der Waals surface area contributed by atoms with Crippen molar-refractivity contribution in [3.05, 3.63) is 33.4 Å². The number of hydrogen-bond donors (Lipinski definition) is 1. The maximum Gasteiger partial charge on any atom is 0.0870 e. The van der Waals surface area contributed by atoms with Gasteiger partial charge in [0, 0.05) is 28.3 Å². The fourth-order valence-corrected chi connectivity index (χ4v) is 3.11. The molecule has 0 spiro atoms. The van der Waals surface area contributed by atoms with E-state index < -0.39 is 0 Å². The van der Waals surface area contributed by atoms with Crippen LogP contribution in [-0.4, -0.2) is 12.0 Å². The van der Waals surface area contributed by atoms with E-state index in [2.05, 4.69) is 40.3 Å². The van der Waals surface area contributed by atoms with Gasteiger partial charge < -0.3 is 5.32 Å². The Morgan fingerprint density at radius 2 is 2.12 bits per heavy atom. The van der Waals surface area contributed by atoms with E-state index in [1.54, 1.807) is 0 Å². The summed E-state index contributed by atoms with van der Waals surface area (Å²) < 4.78 is 1.13. The largest absolute Gasteiger partial charge is 0.387 e. The first-order chi connectivity index (χ1) is 8.22. The second-order valence-electron chi connectivity index (χ2n) is 4.61. The molecular weight excluding hydrogens is 276 g/mol. The molecule has 0 radical (unpaired) electrons. The summed E-state index contributed by atoms with van der Waals surface area (Å²) in [4.78, 5) is 4.84. The van der Waals surface area contributed by atoms with Gasteiger partial charge >= 0.3 is 0 Å². The van der Waals surface area contributed by atoms with Crippen molar-refractivity contribution < 1.29 is 0 Å². The van der Waals surface area contributed by atoms with Crippen molar-refractivity contribution in [1.29, 1.82) is 0 Å². The van der Waals surface area contributed by atoms with Gasteiger partial charge in [0.05, 0.1) is 5.52 Å². The number of benzene rings is 1. The third kappa shape index (κ3) is 1.56. The van der Waals surface area contributed by atoms with Crippen LogP contribution in [0, 0.1) is 6.92 Å². The Balaban J connectivity index is 2.44. The zero-order valence-electron chi connectivity index (χ0n) is 10.1. The molecule has 0 saturated heterocycles. The lowest BCUT2D eigenvalue weighted by molar-refractivity contribution is 0.901. The van der Waals surface area contributed by atoms with Gasteiger partial charge in [-0.25, -0.2) is 0 Å². The molecule has 1 N–H and O–H groups in total. The minimum absolute atomic E-state index is 1.09. The summed E-state index contributed by atoms with van der Waals surface area (Å²) in [5, 5.41) is 4.58. The van der Waals surface area contributed by atoms with Crippen LogP contribution < -0.4 is 5.32 Å². The molecule has 0 atom stereocenters. The number of aryl methyl sites for hydroxylation is 2. The second kappa shape index (κ2) is 3.98. The van der Waals surface area contributed by atoms with Crippen LogP contribution in [0.15, 0.2) is 16.6 Å². The molecule has 1 aromatic carbocycles. The molecule has 1 aromatic heterocycles. The number of aromatic nitrogens is 1. The van der Waals surface area contributed by atoms with Gasteiger partial charge in [-0.3, -0.25) is 4.98 Å². The van der Waals surface area contributed by atoms with Crippen LogP contribution in [0.4, 0.5) is 5.69 Å². The zero-order chi connectivity index (χ0) is 12.0. The van der Waals surface area contributed by atoms with Crippen molar-refractivity contribution in [2.75, 3.05) is 12.4 Å². The molecule has 2 aromatic rings. The fraction of sp³-hybridized carbons (Fsp3) is 0.357. The average molecular weight is 291 g/mol. The molecule has 0 fully saturated rings. The molecule has 0 bridgehead atoms. The number of rotatable bonds is 1. The number of anilines is 1. The molecule has 1 aliphatic rings. The summed E-state index contributed by atoms with van der Waals surface area (Å²) in [7, 11) is 2.00. The van der Waals surface area contributed by atoms with Gasteiger partial charge in [-0.1, -0.05) is 12.1 Å². The Hall–Kier alpha value is -1.09. The van der Waals surface area contributed by atoms with Crippen molar-refractivity contribution >= 4 is 32.5 Å². The lowest BCUT2D eigenvalue weighted by Gasteiger charge is -2.13. The predicted octanol–water partition coefficient (Wildman–Crippen LogP) is 3.84. The third-order valence-electron chi connectivity index (χ3n) is 3.57. The number of halogens is 1. The van der Waals surface area contributed by atoms with Crippen LogP contribution in [0.2, 0.25) is 0 Å². The first-order valence-electron chi connectivity index (χ1n) is 6.00. The molecular formula is C14H15BrN2. The van der Waals surface area contributed by atoms with E-state index in [1.807, 2.05) is 7.05 Å². The van der Waals surface area contributed by atoms with E-state index in [1.165, 1.54) is 34.3 Å². The van der Waals surface area contributed by atoms with E-state index in [-0.39, 0.29) is 0 Å². The van der Waals surface area contributed by atoms with Crippen molar-refractivity contribution in [2.45, 2.75) is 26.2 Å². The Bertz CT molecular complexity index is 605. The monoisotopic (exact) mass is 290 g/mol. The molecule has 0 aliphatic heterocycles. The van der Waals surface area contributed by atoms with E-state index in [9.17, 15) is 0 Å². The van der Waals surface area contributed by atoms with Gasteiger partial charge in [0.1, 0.15) is 0 Å². The molecule has 0 unspecified atom stereocenters. The highest BCUT2D eigenvalue weighted by atomic mass is 79.9. The topological polar surface area (TPSA) is 24.9 Å². The lowest BCUT2D eigenvalue weighted by Crippen LogP contribution is -2.00. The standard InChI is InChI=1S/C14H15BrN2/c1-8-6-7-10-13(16-2)9-4-3-5-11(9)17-14(10)12(8)15/h6-7H,3-5H2,1-2H3,(H,16,17). The van der Waals surface area contributed by atoms with Crippen LogP contribution in [0.25, 0.3) is 10.9 Å². The minimum Gasteiger partial charge on any atom is -0.387 e. The summed E-state index contributed by atoms with van der Waals surface area (Å²) in [6.07, 6.45) is 3.49. The minimum atomic E-state index is 1.09. The second-order valence-corrected chi connectivity index (χ2v) is 5.40. The molecule has 1 heterocycles. The third-order valence-corrected chi connectivity index (χ3v) is 4.57. The van der Waals surface area contributed by atoms with E-state index in [4.69, 9.17) is 4.98 Å². The van der Waals surface area contributed by atoms with Gasteiger partial charge in [0.15, 0.2) is 0 Å². The first-order valence-corrected chi connectivity index (χ1v) is 6.80. The molecule has 3 rings (SSSR count).